The quantitative estimate of drug-likeness (QED) is 0.883. The van der Waals surface area contributed by atoms with E-state index in [0.717, 1.165) is 24.4 Å². The number of rotatable bonds is 4. The summed E-state index contributed by atoms with van der Waals surface area (Å²) < 4.78 is 0. The Morgan fingerprint density at radius 2 is 2.17 bits per heavy atom. The molecule has 1 aromatic rings. The Kier molecular flexibility index (Phi) is 4.79. The molecule has 1 fully saturated rings. The summed E-state index contributed by atoms with van der Waals surface area (Å²) in [5.41, 5.74) is 2.28. The number of aliphatic hydroxyl groups excluding tert-OH is 1. The fraction of sp³-hybridized carbons (Fsp3) is 0.625. The molecular weight excluding hydrogens is 222 g/mol. The highest BCUT2D eigenvalue weighted by molar-refractivity contribution is 5.27. The first-order chi connectivity index (χ1) is 8.66. The van der Waals surface area contributed by atoms with E-state index in [0.29, 0.717) is 0 Å². The van der Waals surface area contributed by atoms with Gasteiger partial charge < -0.3 is 10.0 Å². The van der Waals surface area contributed by atoms with Gasteiger partial charge in [0.05, 0.1) is 6.10 Å². The number of hydrogen-bond donors (Lipinski definition) is 1. The second kappa shape index (κ2) is 6.35. The molecule has 1 aliphatic heterocycles. The van der Waals surface area contributed by atoms with Gasteiger partial charge in [-0.25, -0.2) is 0 Å². The smallest absolute Gasteiger partial charge is 0.0804 e. The summed E-state index contributed by atoms with van der Waals surface area (Å²) in [5, 5.41) is 10.3. The van der Waals surface area contributed by atoms with Crippen LogP contribution in [0.5, 0.6) is 0 Å². The molecule has 2 nitrogen and oxygen atoms in total. The Balaban J connectivity index is 1.84. The number of aliphatic hydroxyl groups is 1. The van der Waals surface area contributed by atoms with Crippen molar-refractivity contribution < 1.29 is 5.11 Å². The number of benzene rings is 1. The van der Waals surface area contributed by atoms with Crippen LogP contribution < -0.4 is 0 Å². The molecule has 2 unspecified atom stereocenters. The first kappa shape index (κ1) is 13.6. The number of likely N-dealkylation sites (tertiary alicyclic amines) is 1. The van der Waals surface area contributed by atoms with Crippen molar-refractivity contribution in [2.45, 2.75) is 39.2 Å². The second-order valence-electron chi connectivity index (χ2n) is 5.71. The van der Waals surface area contributed by atoms with Crippen LogP contribution in [0.25, 0.3) is 0 Å². The summed E-state index contributed by atoms with van der Waals surface area (Å²) in [6.45, 7) is 7.80. The largest absolute Gasteiger partial charge is 0.388 e. The van der Waals surface area contributed by atoms with Crippen LogP contribution in [0.15, 0.2) is 24.3 Å². The minimum absolute atomic E-state index is 0.316. The minimum atomic E-state index is -0.316. The lowest BCUT2D eigenvalue weighted by Crippen LogP contribution is -2.35. The average molecular weight is 247 g/mol. The van der Waals surface area contributed by atoms with Gasteiger partial charge in [-0.15, -0.1) is 0 Å². The fourth-order valence-electron chi connectivity index (χ4n) is 2.91. The molecule has 18 heavy (non-hydrogen) atoms. The maximum Gasteiger partial charge on any atom is 0.0804 e. The first-order valence-corrected chi connectivity index (χ1v) is 7.13. The van der Waals surface area contributed by atoms with Crippen LogP contribution in [0.4, 0.5) is 0 Å². The number of piperidine rings is 1. The van der Waals surface area contributed by atoms with Gasteiger partial charge in [-0.3, -0.25) is 0 Å². The lowest BCUT2D eigenvalue weighted by Gasteiger charge is -2.31. The van der Waals surface area contributed by atoms with E-state index in [9.17, 15) is 5.11 Å². The number of hydrogen-bond acceptors (Lipinski definition) is 2. The molecule has 0 amide bonds. The predicted molar refractivity (Wildman–Crippen MR) is 75.6 cm³/mol. The van der Waals surface area contributed by atoms with Gasteiger partial charge in [-0.05, 0) is 49.8 Å². The van der Waals surface area contributed by atoms with E-state index in [-0.39, 0.29) is 6.10 Å². The maximum atomic E-state index is 10.3. The van der Waals surface area contributed by atoms with E-state index in [2.05, 4.69) is 24.8 Å². The van der Waals surface area contributed by atoms with Crippen LogP contribution in [-0.4, -0.2) is 29.6 Å². The molecule has 0 saturated carbocycles. The highest BCUT2D eigenvalue weighted by Gasteiger charge is 2.17. The zero-order valence-electron chi connectivity index (χ0n) is 11.6. The molecule has 0 aliphatic carbocycles. The molecular formula is C16H25NO. The van der Waals surface area contributed by atoms with E-state index in [1.54, 1.807) is 0 Å². The van der Waals surface area contributed by atoms with Gasteiger partial charge in [0.15, 0.2) is 0 Å². The van der Waals surface area contributed by atoms with Crippen molar-refractivity contribution >= 4 is 0 Å². The second-order valence-corrected chi connectivity index (χ2v) is 5.71. The Labute approximate surface area is 111 Å². The maximum absolute atomic E-state index is 10.3. The third-order valence-corrected chi connectivity index (χ3v) is 4.01. The zero-order valence-corrected chi connectivity index (χ0v) is 11.6. The van der Waals surface area contributed by atoms with Gasteiger partial charge >= 0.3 is 0 Å². The molecule has 0 bridgehead atoms. The van der Waals surface area contributed by atoms with Gasteiger partial charge in [0.25, 0.3) is 0 Å². The van der Waals surface area contributed by atoms with Crippen LogP contribution >= 0.6 is 0 Å². The van der Waals surface area contributed by atoms with Gasteiger partial charge in [0.1, 0.15) is 0 Å². The SMILES string of the molecule is Cc1ccccc1C(O)CCN1CCCC(C)C1. The highest BCUT2D eigenvalue weighted by atomic mass is 16.3. The van der Waals surface area contributed by atoms with Crippen LogP contribution in [0.3, 0.4) is 0 Å². The van der Waals surface area contributed by atoms with Gasteiger partial charge in [-0.1, -0.05) is 31.2 Å². The number of nitrogens with zero attached hydrogens (tertiary/aromatic N) is 1. The van der Waals surface area contributed by atoms with Crippen molar-refractivity contribution in [2.24, 2.45) is 5.92 Å². The molecule has 1 N–H and O–H groups in total. The van der Waals surface area contributed by atoms with E-state index in [4.69, 9.17) is 0 Å². The topological polar surface area (TPSA) is 23.5 Å². The standard InChI is InChI=1S/C16H25NO/c1-13-6-5-10-17(12-13)11-9-16(18)15-8-4-3-7-14(15)2/h3-4,7-8,13,16,18H,5-6,9-12H2,1-2H3. The Bertz CT molecular complexity index is 377. The van der Waals surface area contributed by atoms with Crippen molar-refractivity contribution in [2.75, 3.05) is 19.6 Å². The molecule has 1 aliphatic rings. The zero-order chi connectivity index (χ0) is 13.0. The van der Waals surface area contributed by atoms with E-state index < -0.39 is 0 Å². The van der Waals surface area contributed by atoms with E-state index in [1.165, 1.54) is 31.5 Å². The molecule has 0 radical (unpaired) electrons. The van der Waals surface area contributed by atoms with Gasteiger partial charge in [0.2, 0.25) is 0 Å². The number of aryl methyl sites for hydroxylation is 1. The highest BCUT2D eigenvalue weighted by Crippen LogP contribution is 2.22. The van der Waals surface area contributed by atoms with Crippen molar-refractivity contribution in [1.29, 1.82) is 0 Å². The Morgan fingerprint density at radius 1 is 1.39 bits per heavy atom. The van der Waals surface area contributed by atoms with E-state index >= 15 is 0 Å². The summed E-state index contributed by atoms with van der Waals surface area (Å²) >= 11 is 0. The summed E-state index contributed by atoms with van der Waals surface area (Å²) in [5.74, 6) is 0.814. The molecule has 2 atom stereocenters. The average Bonchev–Trinajstić information content (AvgIpc) is 2.37. The van der Waals surface area contributed by atoms with E-state index in [1.807, 2.05) is 18.2 Å². The molecule has 100 valence electrons. The van der Waals surface area contributed by atoms with Crippen LogP contribution in [0.1, 0.15) is 43.4 Å². The monoisotopic (exact) mass is 247 g/mol. The summed E-state index contributed by atoms with van der Waals surface area (Å²) in [7, 11) is 0. The van der Waals surface area contributed by atoms with Gasteiger partial charge in [0, 0.05) is 13.1 Å². The normalized spacial score (nSPS) is 22.9. The first-order valence-electron chi connectivity index (χ1n) is 7.13. The molecule has 0 spiro atoms. The van der Waals surface area contributed by atoms with Crippen molar-refractivity contribution in [3.8, 4) is 0 Å². The summed E-state index contributed by atoms with van der Waals surface area (Å²) in [6.07, 6.45) is 3.19. The lowest BCUT2D eigenvalue weighted by molar-refractivity contribution is 0.121. The van der Waals surface area contributed by atoms with Crippen LogP contribution in [-0.2, 0) is 0 Å². The van der Waals surface area contributed by atoms with Crippen LogP contribution in [0.2, 0.25) is 0 Å². The molecule has 0 aromatic heterocycles. The molecule has 2 rings (SSSR count). The molecule has 1 saturated heterocycles. The third kappa shape index (κ3) is 3.56. The minimum Gasteiger partial charge on any atom is -0.388 e. The van der Waals surface area contributed by atoms with Crippen LogP contribution in [0, 0.1) is 12.8 Å². The van der Waals surface area contributed by atoms with Crippen molar-refractivity contribution in [1.82, 2.24) is 4.90 Å². The molecule has 1 heterocycles. The molecule has 2 heteroatoms. The van der Waals surface area contributed by atoms with Gasteiger partial charge in [-0.2, -0.15) is 0 Å². The molecule has 1 aromatic carbocycles. The summed E-state index contributed by atoms with van der Waals surface area (Å²) in [6, 6.07) is 8.15. The Hall–Kier alpha value is -0.860. The third-order valence-electron chi connectivity index (χ3n) is 4.01. The van der Waals surface area contributed by atoms with Crippen molar-refractivity contribution in [3.05, 3.63) is 35.4 Å². The van der Waals surface area contributed by atoms with Crippen molar-refractivity contribution in [3.63, 3.8) is 0 Å². The summed E-state index contributed by atoms with van der Waals surface area (Å²) in [4.78, 5) is 2.50. The lowest BCUT2D eigenvalue weighted by atomic mass is 9.98. The Morgan fingerprint density at radius 3 is 2.89 bits per heavy atom. The predicted octanol–water partition coefficient (Wildman–Crippen LogP) is 3.15. The fourth-order valence-corrected chi connectivity index (χ4v) is 2.91.